The zero-order valence-corrected chi connectivity index (χ0v) is 16.3. The van der Waals surface area contributed by atoms with Crippen LogP contribution >= 0.6 is 0 Å². The highest BCUT2D eigenvalue weighted by atomic mass is 16.4. The maximum atomic E-state index is 12.8. The Bertz CT molecular complexity index is 1190. The van der Waals surface area contributed by atoms with Gasteiger partial charge in [0.15, 0.2) is 11.7 Å². The van der Waals surface area contributed by atoms with Gasteiger partial charge in [0.1, 0.15) is 0 Å². The summed E-state index contributed by atoms with van der Waals surface area (Å²) in [6.45, 7) is 0.570. The van der Waals surface area contributed by atoms with Gasteiger partial charge in [-0.25, -0.2) is 0 Å². The molecule has 0 aliphatic carbocycles. The van der Waals surface area contributed by atoms with Crippen molar-refractivity contribution in [2.75, 3.05) is 13.6 Å². The lowest BCUT2D eigenvalue weighted by atomic mass is 9.93. The number of hydrogen-bond donors (Lipinski definition) is 1. The largest absolute Gasteiger partial charge is 0.480 e. The predicted molar refractivity (Wildman–Crippen MR) is 112 cm³/mol. The van der Waals surface area contributed by atoms with Gasteiger partial charge in [-0.3, -0.25) is 24.4 Å². The number of pyridine rings is 1. The minimum Gasteiger partial charge on any atom is -0.480 e. The summed E-state index contributed by atoms with van der Waals surface area (Å²) in [5, 5.41) is 9.81. The van der Waals surface area contributed by atoms with Crippen LogP contribution in [0.15, 0.2) is 59.7 Å². The fourth-order valence-electron chi connectivity index (χ4n) is 3.46. The van der Waals surface area contributed by atoms with E-state index in [0.29, 0.717) is 28.7 Å². The normalized spacial score (nSPS) is 15.1. The molecular weight excluding hydrogens is 382 g/mol. The fraction of sp³-hybridized carbons (Fsp3) is 0.174. The molecule has 2 aromatic carbocycles. The fourth-order valence-corrected chi connectivity index (χ4v) is 3.46. The van der Waals surface area contributed by atoms with Gasteiger partial charge < -0.3 is 10.0 Å². The number of carbonyl (C=O) groups excluding carboxylic acids is 2. The van der Waals surface area contributed by atoms with E-state index in [1.54, 1.807) is 30.1 Å². The van der Waals surface area contributed by atoms with Gasteiger partial charge in [0.2, 0.25) is 0 Å². The van der Waals surface area contributed by atoms with Crippen LogP contribution in [0.1, 0.15) is 26.3 Å². The summed E-state index contributed by atoms with van der Waals surface area (Å²) in [6.07, 6.45) is 3.34. The number of ketones is 1. The first-order valence-electron chi connectivity index (χ1n) is 9.49. The number of aromatic nitrogens is 1. The minimum absolute atomic E-state index is 0.149. The van der Waals surface area contributed by atoms with Crippen molar-refractivity contribution in [3.8, 4) is 0 Å². The average Bonchev–Trinajstić information content (AvgIpc) is 2.77. The summed E-state index contributed by atoms with van der Waals surface area (Å²) < 4.78 is 0. The molecule has 0 saturated carbocycles. The van der Waals surface area contributed by atoms with Gasteiger partial charge in [0, 0.05) is 37.0 Å². The summed E-state index contributed by atoms with van der Waals surface area (Å²) in [7, 11) is 1.75. The standard InChI is InChI=1S/C23H19N3O4/c1-26(10-9-14-5-3-2-4-6-14)22(28)16-11-15-7-8-17-20(19(15)24-12-16)25-13-18(21(17)27)23(29)30/h2-8,11-13,18H,9-10H2,1H3,(H,29,30). The lowest BCUT2D eigenvalue weighted by molar-refractivity contribution is -0.137. The van der Waals surface area contributed by atoms with Crippen molar-refractivity contribution in [1.29, 1.82) is 0 Å². The molecule has 1 amide bonds. The Morgan fingerprint density at radius 2 is 1.90 bits per heavy atom. The van der Waals surface area contributed by atoms with Gasteiger partial charge in [-0.1, -0.05) is 36.4 Å². The zero-order chi connectivity index (χ0) is 21.3. The Labute approximate surface area is 172 Å². The van der Waals surface area contributed by atoms with E-state index in [9.17, 15) is 14.4 Å². The topological polar surface area (TPSA) is 99.9 Å². The second-order valence-corrected chi connectivity index (χ2v) is 7.18. The number of Topliss-reactive ketones (excluding diaryl/α,β-unsaturated/α-hetero) is 1. The first-order valence-corrected chi connectivity index (χ1v) is 9.49. The van der Waals surface area contributed by atoms with E-state index in [0.717, 1.165) is 18.2 Å². The number of amides is 1. The lowest BCUT2D eigenvalue weighted by Gasteiger charge is -2.18. The third-order valence-corrected chi connectivity index (χ3v) is 5.17. The molecule has 0 spiro atoms. The Balaban J connectivity index is 1.58. The Morgan fingerprint density at radius 1 is 1.13 bits per heavy atom. The second-order valence-electron chi connectivity index (χ2n) is 7.18. The summed E-state index contributed by atoms with van der Waals surface area (Å²) in [5.41, 5.74) is 2.62. The molecular formula is C23H19N3O4. The molecule has 150 valence electrons. The van der Waals surface area contributed by atoms with Gasteiger partial charge in [-0.15, -0.1) is 0 Å². The number of carboxylic acids is 1. The summed E-state index contributed by atoms with van der Waals surface area (Å²) in [6, 6.07) is 14.9. The monoisotopic (exact) mass is 401 g/mol. The number of likely N-dealkylation sites (N-methyl/N-ethyl adjacent to an activating group) is 1. The number of carboxylic acid groups (broad SMARTS) is 1. The molecule has 3 aromatic rings. The molecule has 1 aliphatic heterocycles. The van der Waals surface area contributed by atoms with Gasteiger partial charge >= 0.3 is 5.97 Å². The highest BCUT2D eigenvalue weighted by molar-refractivity contribution is 6.24. The van der Waals surface area contributed by atoms with E-state index in [1.165, 1.54) is 6.20 Å². The molecule has 2 heterocycles. The molecule has 0 fully saturated rings. The Morgan fingerprint density at radius 3 is 2.63 bits per heavy atom. The SMILES string of the molecule is CN(CCc1ccccc1)C(=O)c1cnc2c3c(ccc2c1)C(=O)C(C(=O)O)C=N3. The third-order valence-electron chi connectivity index (χ3n) is 5.17. The molecule has 1 N–H and O–H groups in total. The molecule has 1 atom stereocenters. The van der Waals surface area contributed by atoms with Crippen LogP contribution in [0.2, 0.25) is 0 Å². The number of fused-ring (bicyclic) bond motifs is 3. The van der Waals surface area contributed by atoms with E-state index in [4.69, 9.17) is 5.11 Å². The number of rotatable bonds is 5. The number of carbonyl (C=O) groups is 3. The quantitative estimate of drug-likeness (QED) is 0.662. The van der Waals surface area contributed by atoms with Crippen LogP contribution in [0.3, 0.4) is 0 Å². The second kappa shape index (κ2) is 7.87. The number of hydrogen-bond acceptors (Lipinski definition) is 5. The smallest absolute Gasteiger partial charge is 0.319 e. The first-order chi connectivity index (χ1) is 14.5. The van der Waals surface area contributed by atoms with E-state index < -0.39 is 17.7 Å². The Hall–Kier alpha value is -3.87. The van der Waals surface area contributed by atoms with Crippen LogP contribution in [-0.4, -0.2) is 52.5 Å². The molecule has 7 heteroatoms. The summed E-state index contributed by atoms with van der Waals surface area (Å²) in [5.74, 6) is -3.18. The van der Waals surface area contributed by atoms with E-state index in [2.05, 4.69) is 9.98 Å². The number of benzene rings is 2. The van der Waals surface area contributed by atoms with Crippen LogP contribution in [0.4, 0.5) is 5.69 Å². The molecule has 7 nitrogen and oxygen atoms in total. The van der Waals surface area contributed by atoms with Crippen LogP contribution in [-0.2, 0) is 11.2 Å². The maximum Gasteiger partial charge on any atom is 0.319 e. The predicted octanol–water partition coefficient (Wildman–Crippen LogP) is 3.15. The molecule has 0 radical (unpaired) electrons. The molecule has 0 bridgehead atoms. The van der Waals surface area contributed by atoms with Crippen LogP contribution in [0.5, 0.6) is 0 Å². The third kappa shape index (κ3) is 3.57. The van der Waals surface area contributed by atoms with Crippen molar-refractivity contribution >= 4 is 40.5 Å². The van der Waals surface area contributed by atoms with Crippen LogP contribution in [0.25, 0.3) is 10.9 Å². The van der Waals surface area contributed by atoms with Crippen molar-refractivity contribution in [2.45, 2.75) is 6.42 Å². The summed E-state index contributed by atoms with van der Waals surface area (Å²) >= 11 is 0. The number of nitrogens with zero attached hydrogens (tertiary/aromatic N) is 3. The van der Waals surface area contributed by atoms with Gasteiger partial charge in [0.05, 0.1) is 16.8 Å². The van der Waals surface area contributed by atoms with E-state index >= 15 is 0 Å². The van der Waals surface area contributed by atoms with Crippen molar-refractivity contribution < 1.29 is 19.5 Å². The van der Waals surface area contributed by atoms with Crippen LogP contribution < -0.4 is 0 Å². The van der Waals surface area contributed by atoms with Gasteiger partial charge in [-0.2, -0.15) is 0 Å². The molecule has 1 unspecified atom stereocenters. The van der Waals surface area contributed by atoms with Crippen molar-refractivity contribution in [1.82, 2.24) is 9.88 Å². The lowest BCUT2D eigenvalue weighted by Crippen LogP contribution is -2.29. The van der Waals surface area contributed by atoms with Gasteiger partial charge in [-0.05, 0) is 24.1 Å². The van der Waals surface area contributed by atoms with Crippen molar-refractivity contribution in [3.63, 3.8) is 0 Å². The maximum absolute atomic E-state index is 12.8. The Kier molecular flexibility index (Phi) is 5.10. The van der Waals surface area contributed by atoms with Crippen LogP contribution in [0, 0.1) is 5.92 Å². The summed E-state index contributed by atoms with van der Waals surface area (Å²) in [4.78, 5) is 46.6. The van der Waals surface area contributed by atoms with E-state index in [-0.39, 0.29) is 11.5 Å². The molecule has 1 aromatic heterocycles. The number of aliphatic carboxylic acids is 1. The molecule has 0 saturated heterocycles. The first kappa shape index (κ1) is 19.4. The van der Waals surface area contributed by atoms with Crippen molar-refractivity contribution in [2.24, 2.45) is 10.9 Å². The number of aliphatic imine (C=N–C) groups is 1. The van der Waals surface area contributed by atoms with Crippen molar-refractivity contribution in [3.05, 3.63) is 71.4 Å². The zero-order valence-electron chi connectivity index (χ0n) is 16.3. The molecule has 4 rings (SSSR count). The average molecular weight is 401 g/mol. The molecule has 1 aliphatic rings. The highest BCUT2D eigenvalue weighted by Gasteiger charge is 2.31. The van der Waals surface area contributed by atoms with E-state index in [1.807, 2.05) is 30.3 Å². The van der Waals surface area contributed by atoms with Gasteiger partial charge in [0.25, 0.3) is 5.91 Å². The highest BCUT2D eigenvalue weighted by Crippen LogP contribution is 2.33. The minimum atomic E-state index is -1.28. The molecule has 30 heavy (non-hydrogen) atoms.